The Morgan fingerprint density at radius 3 is 2.85 bits per heavy atom. The van der Waals surface area contributed by atoms with Crippen LogP contribution in [-0.2, 0) is 4.74 Å². The average Bonchev–Trinajstić information content (AvgIpc) is 2.53. The van der Waals surface area contributed by atoms with Crippen LogP contribution in [0.1, 0.15) is 18.7 Å². The summed E-state index contributed by atoms with van der Waals surface area (Å²) in [6.07, 6.45) is -0.406. The Labute approximate surface area is 76.7 Å². The van der Waals surface area contributed by atoms with E-state index in [1.54, 1.807) is 18.2 Å². The van der Waals surface area contributed by atoms with Crippen molar-refractivity contribution in [2.45, 2.75) is 19.2 Å². The van der Waals surface area contributed by atoms with Crippen LogP contribution < -0.4 is 0 Å². The smallest absolute Gasteiger partial charge is 0.127 e. The molecule has 0 aliphatic carbocycles. The highest BCUT2D eigenvalue weighted by Crippen LogP contribution is 2.32. The molecule has 3 heteroatoms. The van der Waals surface area contributed by atoms with Gasteiger partial charge in [-0.2, -0.15) is 0 Å². The van der Waals surface area contributed by atoms with Gasteiger partial charge in [0, 0.05) is 6.61 Å². The molecule has 2 unspecified atom stereocenters. The van der Waals surface area contributed by atoms with E-state index in [0.717, 1.165) is 0 Å². The van der Waals surface area contributed by atoms with Gasteiger partial charge in [0.25, 0.3) is 0 Å². The fourth-order valence-electron chi connectivity index (χ4n) is 1.39. The van der Waals surface area contributed by atoms with Gasteiger partial charge in [-0.25, -0.2) is 4.39 Å². The van der Waals surface area contributed by atoms with Crippen LogP contribution in [0.15, 0.2) is 24.3 Å². The van der Waals surface area contributed by atoms with Gasteiger partial charge < -0.3 is 10.1 Å². The Bertz CT molecular complexity index is 303. The highest BCUT2D eigenvalue weighted by Gasteiger charge is 2.13. The summed E-state index contributed by atoms with van der Waals surface area (Å²) in [7, 11) is 0. The third kappa shape index (κ3) is 1.71. The second kappa shape index (κ2) is 3.44. The zero-order chi connectivity index (χ0) is 9.26. The fourth-order valence-corrected chi connectivity index (χ4v) is 1.39. The van der Waals surface area contributed by atoms with Crippen molar-refractivity contribution in [3.05, 3.63) is 41.0 Å². The molecule has 1 fully saturated rings. The van der Waals surface area contributed by atoms with E-state index in [1.165, 1.54) is 6.07 Å². The molecule has 0 saturated carbocycles. The van der Waals surface area contributed by atoms with E-state index in [1.807, 2.05) is 6.92 Å². The van der Waals surface area contributed by atoms with Gasteiger partial charge >= 0.3 is 0 Å². The highest BCUT2D eigenvalue weighted by atomic mass is 19.1. The topological polar surface area (TPSA) is 23.3 Å². The molecule has 0 aromatic heterocycles. The van der Waals surface area contributed by atoms with Crippen molar-refractivity contribution in [3.8, 4) is 0 Å². The van der Waals surface area contributed by atoms with Crippen LogP contribution in [0.5, 0.6) is 0 Å². The monoisotopic (exact) mass is 180 g/mol. The van der Waals surface area contributed by atoms with Gasteiger partial charge in [-0.3, -0.25) is 0 Å². The molecule has 2 atom stereocenters. The van der Waals surface area contributed by atoms with Crippen LogP contribution >= 0.6 is 0 Å². The second-order valence-electron chi connectivity index (χ2n) is 3.21. The van der Waals surface area contributed by atoms with Crippen molar-refractivity contribution in [2.75, 3.05) is 6.61 Å². The molecular formula is C10H11FNO-. The van der Waals surface area contributed by atoms with E-state index >= 15 is 0 Å². The van der Waals surface area contributed by atoms with E-state index in [-0.39, 0.29) is 11.9 Å². The lowest BCUT2D eigenvalue weighted by Crippen LogP contribution is -1.97. The first-order valence-corrected chi connectivity index (χ1v) is 4.33. The Hall–Kier alpha value is -0.930. The zero-order valence-corrected chi connectivity index (χ0v) is 7.40. The van der Waals surface area contributed by atoms with Gasteiger partial charge in [-0.15, -0.1) is 6.04 Å². The largest absolute Gasteiger partial charge is 0.628 e. The summed E-state index contributed by atoms with van der Waals surface area (Å²) < 4.78 is 18.6. The minimum absolute atomic E-state index is 0.171. The molecule has 0 bridgehead atoms. The lowest BCUT2D eigenvalue weighted by Gasteiger charge is -2.24. The number of ether oxygens (including phenoxy) is 1. The molecule has 1 aliphatic rings. The maximum Gasteiger partial charge on any atom is 0.127 e. The minimum Gasteiger partial charge on any atom is -0.628 e. The second-order valence-corrected chi connectivity index (χ2v) is 3.21. The van der Waals surface area contributed by atoms with Gasteiger partial charge in [0.15, 0.2) is 0 Å². The summed E-state index contributed by atoms with van der Waals surface area (Å²) in [4.78, 5) is 0. The summed E-state index contributed by atoms with van der Waals surface area (Å²) in [6, 6.07) is 6.76. The fraction of sp³-hybridized carbons (Fsp3) is 0.400. The predicted molar refractivity (Wildman–Crippen MR) is 47.9 cm³/mol. The Kier molecular flexibility index (Phi) is 2.29. The number of halogens is 1. The molecule has 1 aromatic rings. The van der Waals surface area contributed by atoms with Crippen LogP contribution in [0, 0.1) is 5.82 Å². The maximum absolute atomic E-state index is 13.2. The normalized spacial score (nSPS) is 27.8. The number of hydrogen-bond acceptors (Lipinski definition) is 1. The molecule has 13 heavy (non-hydrogen) atoms. The third-order valence-corrected chi connectivity index (χ3v) is 2.06. The van der Waals surface area contributed by atoms with Crippen LogP contribution in [0.3, 0.4) is 0 Å². The molecular weight excluding hydrogens is 169 g/mol. The van der Waals surface area contributed by atoms with Crippen molar-refractivity contribution >= 4 is 0 Å². The molecule has 2 rings (SSSR count). The standard InChI is InChI=1S/C10H11FNO/c1-7-6-13-10(12-7)8-4-2-3-5-9(8)11/h2-5,7,10H,6H2,1H3/q-1. The van der Waals surface area contributed by atoms with Crippen LogP contribution in [-0.4, -0.2) is 12.6 Å². The summed E-state index contributed by atoms with van der Waals surface area (Å²) in [6.45, 7) is 2.54. The summed E-state index contributed by atoms with van der Waals surface area (Å²) in [5.41, 5.74) is 0.534. The molecule has 0 spiro atoms. The Balaban J connectivity index is 2.21. The van der Waals surface area contributed by atoms with Crippen molar-refractivity contribution in [1.29, 1.82) is 0 Å². The first kappa shape index (κ1) is 8.66. The molecule has 1 aliphatic heterocycles. The lowest BCUT2D eigenvalue weighted by molar-refractivity contribution is 0.120. The van der Waals surface area contributed by atoms with Gasteiger partial charge in [-0.05, 0) is 17.9 Å². The van der Waals surface area contributed by atoms with Crippen LogP contribution in [0.2, 0.25) is 0 Å². The van der Waals surface area contributed by atoms with Crippen LogP contribution in [0.4, 0.5) is 4.39 Å². The summed E-state index contributed by atoms with van der Waals surface area (Å²) >= 11 is 0. The van der Waals surface area contributed by atoms with Crippen molar-refractivity contribution in [1.82, 2.24) is 0 Å². The van der Waals surface area contributed by atoms with E-state index in [0.29, 0.717) is 12.2 Å². The number of rotatable bonds is 1. The molecule has 1 saturated heterocycles. The van der Waals surface area contributed by atoms with E-state index in [9.17, 15) is 4.39 Å². The number of benzene rings is 1. The van der Waals surface area contributed by atoms with Crippen LogP contribution in [0.25, 0.3) is 5.32 Å². The molecule has 1 aromatic carbocycles. The molecule has 0 radical (unpaired) electrons. The maximum atomic E-state index is 13.2. The highest BCUT2D eigenvalue weighted by molar-refractivity contribution is 5.25. The van der Waals surface area contributed by atoms with E-state index < -0.39 is 6.23 Å². The molecule has 70 valence electrons. The number of nitrogens with zero attached hydrogens (tertiary/aromatic N) is 1. The summed E-state index contributed by atoms with van der Waals surface area (Å²) in [5, 5.41) is 4.26. The predicted octanol–water partition coefficient (Wildman–Crippen LogP) is 2.62. The summed E-state index contributed by atoms with van der Waals surface area (Å²) in [5.74, 6) is -0.245. The van der Waals surface area contributed by atoms with Gasteiger partial charge in [0.1, 0.15) is 5.82 Å². The average molecular weight is 180 g/mol. The van der Waals surface area contributed by atoms with Crippen molar-refractivity contribution in [2.24, 2.45) is 0 Å². The first-order valence-electron chi connectivity index (χ1n) is 4.33. The zero-order valence-electron chi connectivity index (χ0n) is 7.40. The van der Waals surface area contributed by atoms with Crippen molar-refractivity contribution < 1.29 is 9.13 Å². The Morgan fingerprint density at radius 2 is 2.23 bits per heavy atom. The quantitative estimate of drug-likeness (QED) is 0.651. The number of hydrogen-bond donors (Lipinski definition) is 0. The van der Waals surface area contributed by atoms with Gasteiger partial charge in [0.05, 0.1) is 0 Å². The third-order valence-electron chi connectivity index (χ3n) is 2.06. The molecule has 0 N–H and O–H groups in total. The molecule has 1 heterocycles. The van der Waals surface area contributed by atoms with Gasteiger partial charge in [-0.1, -0.05) is 25.1 Å². The minimum atomic E-state index is -0.406. The van der Waals surface area contributed by atoms with E-state index in [4.69, 9.17) is 4.74 Å². The lowest BCUT2D eigenvalue weighted by atomic mass is 10.2. The first-order chi connectivity index (χ1) is 6.27. The Morgan fingerprint density at radius 1 is 1.46 bits per heavy atom. The molecule has 0 amide bonds. The van der Waals surface area contributed by atoms with Gasteiger partial charge in [0.2, 0.25) is 0 Å². The van der Waals surface area contributed by atoms with E-state index in [2.05, 4.69) is 5.32 Å². The SMILES string of the molecule is CC1COC(c2ccccc2F)[N-]1. The van der Waals surface area contributed by atoms with Crippen molar-refractivity contribution in [3.63, 3.8) is 0 Å². The molecule has 2 nitrogen and oxygen atoms in total.